The zero-order valence-corrected chi connectivity index (χ0v) is 16.7. The smallest absolute Gasteiger partial charge is 0.231 e. The number of benzene rings is 2. The second kappa shape index (κ2) is 8.09. The van der Waals surface area contributed by atoms with Crippen molar-refractivity contribution < 1.29 is 9.59 Å². The highest BCUT2D eigenvalue weighted by atomic mass is 35.5. The molecule has 2 amide bonds. The van der Waals surface area contributed by atoms with E-state index in [4.69, 9.17) is 11.6 Å². The SMILES string of the molecule is CCc1ccc(NC(=O)C[C@H]2Cn3ncc(-c4ccc(Cl)cc4)c3NC2=O)cc1. The molecule has 1 aliphatic heterocycles. The molecular weight excluding hydrogens is 388 g/mol. The van der Waals surface area contributed by atoms with Crippen LogP contribution in [0.1, 0.15) is 18.9 Å². The zero-order valence-electron chi connectivity index (χ0n) is 16.0. The number of nitrogens with one attached hydrogen (secondary N) is 2. The fourth-order valence-electron chi connectivity index (χ4n) is 3.42. The van der Waals surface area contributed by atoms with Crippen molar-refractivity contribution >= 4 is 34.9 Å². The largest absolute Gasteiger partial charge is 0.326 e. The van der Waals surface area contributed by atoms with E-state index in [1.54, 1.807) is 23.0 Å². The lowest BCUT2D eigenvalue weighted by Gasteiger charge is -2.24. The lowest BCUT2D eigenvalue weighted by molar-refractivity contribution is -0.125. The molecule has 2 N–H and O–H groups in total. The number of fused-ring (bicyclic) bond motifs is 1. The first-order valence-electron chi connectivity index (χ1n) is 9.55. The van der Waals surface area contributed by atoms with Crippen LogP contribution in [0.15, 0.2) is 54.7 Å². The summed E-state index contributed by atoms with van der Waals surface area (Å²) in [6, 6.07) is 15.1. The van der Waals surface area contributed by atoms with E-state index >= 15 is 0 Å². The molecule has 0 saturated heterocycles. The molecule has 2 heterocycles. The van der Waals surface area contributed by atoms with Gasteiger partial charge in [0.1, 0.15) is 5.82 Å². The molecule has 6 nitrogen and oxygen atoms in total. The van der Waals surface area contributed by atoms with Crippen molar-refractivity contribution in [2.45, 2.75) is 26.3 Å². The van der Waals surface area contributed by atoms with Crippen LogP contribution in [-0.2, 0) is 22.6 Å². The van der Waals surface area contributed by atoms with Crippen molar-refractivity contribution in [3.63, 3.8) is 0 Å². The van der Waals surface area contributed by atoms with Crippen molar-refractivity contribution in [2.24, 2.45) is 5.92 Å². The minimum atomic E-state index is -0.476. The van der Waals surface area contributed by atoms with E-state index in [0.29, 0.717) is 17.4 Å². The van der Waals surface area contributed by atoms with Gasteiger partial charge < -0.3 is 10.6 Å². The van der Waals surface area contributed by atoms with Crippen molar-refractivity contribution in [3.8, 4) is 11.1 Å². The molecule has 1 atom stereocenters. The Morgan fingerprint density at radius 2 is 1.93 bits per heavy atom. The first-order chi connectivity index (χ1) is 14.0. The third-order valence-corrected chi connectivity index (χ3v) is 5.33. The summed E-state index contributed by atoms with van der Waals surface area (Å²) in [7, 11) is 0. The van der Waals surface area contributed by atoms with Crippen LogP contribution >= 0.6 is 11.6 Å². The van der Waals surface area contributed by atoms with Gasteiger partial charge in [-0.05, 0) is 41.8 Å². The van der Waals surface area contributed by atoms with Crippen LogP contribution in [0.5, 0.6) is 0 Å². The Balaban J connectivity index is 1.44. The molecule has 0 bridgehead atoms. The maximum absolute atomic E-state index is 12.6. The number of rotatable bonds is 5. The summed E-state index contributed by atoms with van der Waals surface area (Å²) >= 11 is 5.95. The Bertz CT molecular complexity index is 1040. The average Bonchev–Trinajstić information content (AvgIpc) is 3.12. The highest BCUT2D eigenvalue weighted by Gasteiger charge is 2.30. The summed E-state index contributed by atoms with van der Waals surface area (Å²) in [5, 5.41) is 10.8. The Morgan fingerprint density at radius 1 is 1.21 bits per heavy atom. The maximum atomic E-state index is 12.6. The van der Waals surface area contributed by atoms with Gasteiger partial charge in [0, 0.05) is 22.7 Å². The van der Waals surface area contributed by atoms with Gasteiger partial charge in [0.25, 0.3) is 0 Å². The Morgan fingerprint density at radius 3 is 2.62 bits per heavy atom. The molecule has 1 aromatic heterocycles. The molecule has 0 saturated carbocycles. The number of hydrogen-bond acceptors (Lipinski definition) is 3. The van der Waals surface area contributed by atoms with Gasteiger partial charge >= 0.3 is 0 Å². The molecular formula is C22H21ClN4O2. The fourth-order valence-corrected chi connectivity index (χ4v) is 3.55. The van der Waals surface area contributed by atoms with Crippen molar-refractivity contribution in [2.75, 3.05) is 10.6 Å². The van der Waals surface area contributed by atoms with Crippen molar-refractivity contribution in [3.05, 3.63) is 65.3 Å². The number of nitrogens with zero attached hydrogens (tertiary/aromatic N) is 2. The highest BCUT2D eigenvalue weighted by Crippen LogP contribution is 2.32. The van der Waals surface area contributed by atoms with Crippen LogP contribution in [0, 0.1) is 5.92 Å². The Hall–Kier alpha value is -3.12. The van der Waals surface area contributed by atoms with E-state index in [1.807, 2.05) is 36.4 Å². The summed E-state index contributed by atoms with van der Waals surface area (Å²) in [5.74, 6) is -0.202. The number of carbonyl (C=O) groups excluding carboxylic acids is 2. The fraction of sp³-hybridized carbons (Fsp3) is 0.227. The Kier molecular flexibility index (Phi) is 5.36. The summed E-state index contributed by atoms with van der Waals surface area (Å²) in [6.45, 7) is 2.44. The standard InChI is InChI=1S/C22H21ClN4O2/c1-2-14-3-9-18(10-4-14)25-20(28)11-16-13-27-21(26-22(16)29)19(12-24-27)15-5-7-17(23)8-6-15/h3-10,12,16H,2,11,13H2,1H3,(H,25,28)(H,26,29)/t16-/m0/s1. The number of anilines is 2. The van der Waals surface area contributed by atoms with E-state index < -0.39 is 5.92 Å². The van der Waals surface area contributed by atoms with Crippen LogP contribution in [0.3, 0.4) is 0 Å². The maximum Gasteiger partial charge on any atom is 0.231 e. The molecule has 7 heteroatoms. The van der Waals surface area contributed by atoms with Crippen LogP contribution < -0.4 is 10.6 Å². The molecule has 1 aliphatic rings. The zero-order chi connectivity index (χ0) is 20.4. The number of hydrogen-bond donors (Lipinski definition) is 2. The molecule has 148 valence electrons. The first-order valence-corrected chi connectivity index (χ1v) is 9.92. The molecule has 3 aromatic rings. The van der Waals surface area contributed by atoms with Gasteiger partial charge in [0.05, 0.1) is 18.7 Å². The van der Waals surface area contributed by atoms with E-state index in [0.717, 1.165) is 23.2 Å². The number of aryl methyl sites for hydroxylation is 1. The van der Waals surface area contributed by atoms with Gasteiger partial charge in [-0.15, -0.1) is 0 Å². The number of aromatic nitrogens is 2. The van der Waals surface area contributed by atoms with Gasteiger partial charge in [-0.25, -0.2) is 4.68 Å². The highest BCUT2D eigenvalue weighted by molar-refractivity contribution is 6.30. The monoisotopic (exact) mass is 408 g/mol. The van der Waals surface area contributed by atoms with Gasteiger partial charge in [0.2, 0.25) is 11.8 Å². The first kappa shape index (κ1) is 19.2. The predicted molar refractivity (Wildman–Crippen MR) is 114 cm³/mol. The molecule has 0 spiro atoms. The molecule has 4 rings (SSSR count). The van der Waals surface area contributed by atoms with Crippen LogP contribution in [0.25, 0.3) is 11.1 Å². The van der Waals surface area contributed by atoms with E-state index in [1.165, 1.54) is 5.56 Å². The van der Waals surface area contributed by atoms with Gasteiger partial charge in [-0.1, -0.05) is 42.8 Å². The summed E-state index contributed by atoms with van der Waals surface area (Å²) < 4.78 is 1.74. The normalized spacial score (nSPS) is 15.5. The number of halogens is 1. The van der Waals surface area contributed by atoms with E-state index in [9.17, 15) is 9.59 Å². The summed E-state index contributed by atoms with van der Waals surface area (Å²) in [6.07, 6.45) is 2.76. The number of amides is 2. The Labute approximate surface area is 173 Å². The van der Waals surface area contributed by atoms with Gasteiger partial charge in [-0.3, -0.25) is 9.59 Å². The molecule has 0 radical (unpaired) electrons. The van der Waals surface area contributed by atoms with Crippen molar-refractivity contribution in [1.29, 1.82) is 0 Å². The lowest BCUT2D eigenvalue weighted by atomic mass is 10.0. The lowest BCUT2D eigenvalue weighted by Crippen LogP contribution is -2.36. The molecule has 29 heavy (non-hydrogen) atoms. The summed E-state index contributed by atoms with van der Waals surface area (Å²) in [5.41, 5.74) is 3.68. The third-order valence-electron chi connectivity index (χ3n) is 5.08. The second-order valence-electron chi connectivity index (χ2n) is 7.08. The predicted octanol–water partition coefficient (Wildman–Crippen LogP) is 4.36. The molecule has 0 aliphatic carbocycles. The average molecular weight is 409 g/mol. The van der Waals surface area contributed by atoms with Crippen LogP contribution in [0.2, 0.25) is 5.02 Å². The molecule has 0 unspecified atom stereocenters. The third kappa shape index (κ3) is 4.17. The summed E-state index contributed by atoms with van der Waals surface area (Å²) in [4.78, 5) is 25.0. The topological polar surface area (TPSA) is 76.0 Å². The minimum Gasteiger partial charge on any atom is -0.326 e. The van der Waals surface area contributed by atoms with Gasteiger partial charge in [-0.2, -0.15) is 5.10 Å². The minimum absolute atomic E-state index is 0.0942. The van der Waals surface area contributed by atoms with E-state index in [2.05, 4.69) is 22.7 Å². The van der Waals surface area contributed by atoms with Crippen LogP contribution in [-0.4, -0.2) is 21.6 Å². The van der Waals surface area contributed by atoms with Crippen molar-refractivity contribution in [1.82, 2.24) is 9.78 Å². The quantitative estimate of drug-likeness (QED) is 0.658. The molecule has 2 aromatic carbocycles. The van der Waals surface area contributed by atoms with Gasteiger partial charge in [0.15, 0.2) is 0 Å². The second-order valence-corrected chi connectivity index (χ2v) is 7.52. The number of carbonyl (C=O) groups is 2. The van der Waals surface area contributed by atoms with E-state index in [-0.39, 0.29) is 18.2 Å². The van der Waals surface area contributed by atoms with Crippen LogP contribution in [0.4, 0.5) is 11.5 Å². The molecule has 0 fully saturated rings.